The lowest BCUT2D eigenvalue weighted by molar-refractivity contribution is 0.0952. The van der Waals surface area contributed by atoms with Crippen molar-refractivity contribution in [2.45, 2.75) is 20.4 Å². The summed E-state index contributed by atoms with van der Waals surface area (Å²) in [5.41, 5.74) is 3.21. The Morgan fingerprint density at radius 1 is 1.38 bits per heavy atom. The van der Waals surface area contributed by atoms with E-state index in [1.54, 1.807) is 13.8 Å². The molecular formula is C14H16N5O5-. The molecule has 0 saturated heterocycles. The first-order valence-corrected chi connectivity index (χ1v) is 6.87. The number of carbonyl (C=O) groups is 1. The van der Waals surface area contributed by atoms with Crippen molar-refractivity contribution >= 4 is 11.6 Å². The van der Waals surface area contributed by atoms with Crippen molar-refractivity contribution in [2.75, 3.05) is 0 Å². The molecular weight excluding hydrogens is 318 g/mol. The summed E-state index contributed by atoms with van der Waals surface area (Å²) in [4.78, 5) is 11.4. The van der Waals surface area contributed by atoms with Gasteiger partial charge >= 0.3 is 5.49 Å². The molecule has 0 fully saturated rings. The van der Waals surface area contributed by atoms with Gasteiger partial charge in [-0.05, 0) is 26.0 Å². The van der Waals surface area contributed by atoms with Crippen molar-refractivity contribution in [1.29, 1.82) is 0 Å². The second-order valence-corrected chi connectivity index (χ2v) is 5.12. The van der Waals surface area contributed by atoms with Crippen LogP contribution in [0.1, 0.15) is 23.0 Å². The molecule has 2 aromatic rings. The summed E-state index contributed by atoms with van der Waals surface area (Å²) >= 11 is 0. The number of aromatic nitrogens is 2. The lowest BCUT2D eigenvalue weighted by atomic mass is 10.2. The topological polar surface area (TPSA) is 152 Å². The number of phenolic OH excluding ortho intramolecular Hbond substituents is 2. The fourth-order valence-electron chi connectivity index (χ4n) is 1.97. The molecule has 0 aliphatic carbocycles. The van der Waals surface area contributed by atoms with Crippen LogP contribution >= 0.6 is 0 Å². The Morgan fingerprint density at radius 2 is 2.08 bits per heavy atom. The zero-order valence-electron chi connectivity index (χ0n) is 13.0. The van der Waals surface area contributed by atoms with Gasteiger partial charge in [0, 0.05) is 6.07 Å². The van der Waals surface area contributed by atoms with Crippen molar-refractivity contribution < 1.29 is 15.0 Å². The fourth-order valence-corrected chi connectivity index (χ4v) is 1.97. The van der Waals surface area contributed by atoms with E-state index in [0.29, 0.717) is 11.4 Å². The molecule has 0 bridgehead atoms. The van der Waals surface area contributed by atoms with E-state index in [0.717, 1.165) is 6.07 Å². The molecule has 0 aliphatic heterocycles. The first kappa shape index (κ1) is 16.9. The molecule has 1 heterocycles. The SMILES string of the molecule is C/C(Cn1[nH]c(=[N+]([O-])[O-])cc1C)=N\NC(=O)c1ccc(O)cc1O. The first-order chi connectivity index (χ1) is 11.3. The van der Waals surface area contributed by atoms with Gasteiger partial charge in [0.25, 0.3) is 5.91 Å². The fraction of sp³-hybridized carbons (Fsp3) is 0.214. The molecule has 128 valence electrons. The maximum absolute atomic E-state index is 11.9. The first-order valence-electron chi connectivity index (χ1n) is 6.87. The van der Waals surface area contributed by atoms with Crippen molar-refractivity contribution in [2.24, 2.45) is 5.10 Å². The Labute approximate surface area is 136 Å². The Hall–Kier alpha value is -3.43. The van der Waals surface area contributed by atoms with Crippen LogP contribution in [0.3, 0.4) is 0 Å². The van der Waals surface area contributed by atoms with Gasteiger partial charge in [0.1, 0.15) is 11.5 Å². The molecule has 1 aromatic heterocycles. The molecule has 0 unspecified atom stereocenters. The minimum absolute atomic E-state index is 0.0382. The van der Waals surface area contributed by atoms with Crippen molar-refractivity contribution in [3.8, 4) is 11.5 Å². The minimum atomic E-state index is -0.647. The zero-order chi connectivity index (χ0) is 17.9. The Bertz CT molecular complexity index is 861. The number of H-pyrrole nitrogens is 1. The number of benzene rings is 1. The number of hydrazone groups is 1. The Balaban J connectivity index is 2.09. The number of hydrogen-bond acceptors (Lipinski definition) is 6. The molecule has 1 amide bonds. The highest BCUT2D eigenvalue weighted by molar-refractivity contribution is 5.97. The van der Waals surface area contributed by atoms with Gasteiger partial charge in [0.05, 0.1) is 29.6 Å². The number of rotatable bonds is 4. The maximum Gasteiger partial charge on any atom is 0.301 e. The van der Waals surface area contributed by atoms with Gasteiger partial charge in [-0.1, -0.05) is 0 Å². The number of aryl methyl sites for hydroxylation is 1. The summed E-state index contributed by atoms with van der Waals surface area (Å²) in [6.07, 6.45) is 0. The third-order valence-electron chi connectivity index (χ3n) is 3.18. The molecule has 0 aliphatic rings. The summed E-state index contributed by atoms with van der Waals surface area (Å²) in [7, 11) is 0. The third-order valence-corrected chi connectivity index (χ3v) is 3.18. The van der Waals surface area contributed by atoms with Gasteiger partial charge in [0.2, 0.25) is 0 Å². The lowest BCUT2D eigenvalue weighted by Crippen LogP contribution is -2.23. The molecule has 24 heavy (non-hydrogen) atoms. The van der Waals surface area contributed by atoms with E-state index in [1.165, 1.54) is 22.9 Å². The molecule has 1 aromatic carbocycles. The predicted octanol–water partition coefficient (Wildman–Crippen LogP) is 0.110. The summed E-state index contributed by atoms with van der Waals surface area (Å²) in [6, 6.07) is 4.96. The lowest BCUT2D eigenvalue weighted by Gasteiger charge is -2.07. The normalized spacial score (nSPS) is 11.3. The van der Waals surface area contributed by atoms with E-state index < -0.39 is 10.8 Å². The average Bonchev–Trinajstić information content (AvgIpc) is 2.86. The van der Waals surface area contributed by atoms with Crippen molar-refractivity contribution in [1.82, 2.24) is 20.1 Å². The van der Waals surface area contributed by atoms with Crippen LogP contribution < -0.4 is 15.8 Å². The number of aromatic amines is 1. The van der Waals surface area contributed by atoms with Crippen molar-refractivity contribution in [3.63, 3.8) is 0 Å². The predicted molar refractivity (Wildman–Crippen MR) is 85.9 cm³/mol. The average molecular weight is 334 g/mol. The number of phenols is 2. The van der Waals surface area contributed by atoms with Crippen LogP contribution in [-0.2, 0) is 6.54 Å². The van der Waals surface area contributed by atoms with Crippen LogP contribution in [-0.4, -0.2) is 31.6 Å². The smallest absolute Gasteiger partial charge is 0.301 e. The van der Waals surface area contributed by atoms with Crippen LogP contribution in [0, 0.1) is 17.3 Å². The Morgan fingerprint density at radius 3 is 2.67 bits per heavy atom. The van der Waals surface area contributed by atoms with Crippen molar-refractivity contribution in [3.05, 3.63) is 51.4 Å². The van der Waals surface area contributed by atoms with Crippen LogP contribution in [0.2, 0.25) is 0 Å². The minimum Gasteiger partial charge on any atom is -0.712 e. The number of nitrogens with one attached hydrogen (secondary N) is 2. The van der Waals surface area contributed by atoms with E-state index in [-0.39, 0.29) is 29.1 Å². The van der Waals surface area contributed by atoms with Crippen LogP contribution in [0.5, 0.6) is 11.5 Å². The van der Waals surface area contributed by atoms with Gasteiger partial charge in [-0.2, -0.15) is 10.2 Å². The molecule has 2 rings (SSSR count). The van der Waals surface area contributed by atoms with Gasteiger partial charge in [-0.15, -0.1) is 0 Å². The van der Waals surface area contributed by atoms with Gasteiger partial charge in [-0.3, -0.25) is 9.70 Å². The number of aromatic hydroxyl groups is 2. The number of hydrogen-bond donors (Lipinski definition) is 4. The second-order valence-electron chi connectivity index (χ2n) is 5.12. The standard InChI is InChI=1S/C14H16N5O5/c1-8(7-18-9(2)5-13(17-18)19(23)24)15-16-14(22)11-4-3-10(20)6-12(11)21/h3-6,17H,7H2,1-2H3,(H3-,16,20,21,22,23,24)/q-1/b15-8+. The summed E-state index contributed by atoms with van der Waals surface area (Å²) in [6.45, 7) is 3.54. The molecule has 0 atom stereocenters. The van der Waals surface area contributed by atoms with E-state index in [4.69, 9.17) is 0 Å². The molecule has 0 spiro atoms. The third kappa shape index (κ3) is 3.85. The maximum atomic E-state index is 11.9. The molecule has 10 nitrogen and oxygen atoms in total. The van der Waals surface area contributed by atoms with E-state index in [1.807, 2.05) is 0 Å². The molecule has 10 heteroatoms. The molecule has 4 N–H and O–H groups in total. The van der Waals surface area contributed by atoms with E-state index in [2.05, 4.69) is 15.6 Å². The summed E-state index contributed by atoms with van der Waals surface area (Å²) in [5, 5.41) is 46.7. The largest absolute Gasteiger partial charge is 0.712 e. The number of nitrogens with zero attached hydrogens (tertiary/aromatic N) is 3. The highest BCUT2D eigenvalue weighted by atomic mass is 16.8. The number of amides is 1. The van der Waals surface area contributed by atoms with Gasteiger partial charge < -0.3 is 20.6 Å². The highest BCUT2D eigenvalue weighted by Crippen LogP contribution is 2.22. The quantitative estimate of drug-likeness (QED) is 0.462. The van der Waals surface area contributed by atoms with E-state index >= 15 is 0 Å². The van der Waals surface area contributed by atoms with Crippen LogP contribution in [0.4, 0.5) is 0 Å². The molecule has 0 radical (unpaired) electrons. The van der Waals surface area contributed by atoms with Crippen LogP contribution in [0.25, 0.3) is 0 Å². The summed E-state index contributed by atoms with van der Waals surface area (Å²) < 4.78 is 1.52. The summed E-state index contributed by atoms with van der Waals surface area (Å²) in [5.74, 6) is -1.18. The van der Waals surface area contributed by atoms with Crippen LogP contribution in [0.15, 0.2) is 29.4 Å². The zero-order valence-corrected chi connectivity index (χ0v) is 13.0. The monoisotopic (exact) mass is 334 g/mol. The highest BCUT2D eigenvalue weighted by Gasteiger charge is 2.11. The Kier molecular flexibility index (Phi) is 4.78. The molecule has 0 saturated carbocycles. The van der Waals surface area contributed by atoms with Gasteiger partial charge in [-0.25, -0.2) is 10.1 Å². The second kappa shape index (κ2) is 6.77. The van der Waals surface area contributed by atoms with Gasteiger partial charge in [0.15, 0.2) is 0 Å². The number of carbonyl (C=O) groups excluding carboxylic acids is 1. The van der Waals surface area contributed by atoms with E-state index in [9.17, 15) is 25.4 Å².